The molecule has 4 heteroatoms. The zero-order chi connectivity index (χ0) is 16.1. The van der Waals surface area contributed by atoms with E-state index in [9.17, 15) is 0 Å². The molecule has 0 N–H and O–H groups in total. The predicted octanol–water partition coefficient (Wildman–Crippen LogP) is 4.54. The molecular formula is C19H18O4. The maximum absolute atomic E-state index is 5.93. The van der Waals surface area contributed by atoms with Crippen molar-refractivity contribution in [2.45, 2.75) is 6.61 Å². The van der Waals surface area contributed by atoms with Crippen molar-refractivity contribution in [2.75, 3.05) is 14.2 Å². The Morgan fingerprint density at radius 3 is 2.13 bits per heavy atom. The average Bonchev–Trinajstić information content (AvgIpc) is 3.14. The van der Waals surface area contributed by atoms with Crippen molar-refractivity contribution in [3.63, 3.8) is 0 Å². The summed E-state index contributed by atoms with van der Waals surface area (Å²) in [5, 5.41) is 0. The number of hydrogen-bond donors (Lipinski definition) is 0. The summed E-state index contributed by atoms with van der Waals surface area (Å²) in [5.41, 5.74) is 1.95. The van der Waals surface area contributed by atoms with Gasteiger partial charge in [-0.3, -0.25) is 0 Å². The minimum atomic E-state index is 0.438. The second kappa shape index (κ2) is 6.92. The van der Waals surface area contributed by atoms with Gasteiger partial charge in [0.2, 0.25) is 5.75 Å². The van der Waals surface area contributed by atoms with Crippen LogP contribution >= 0.6 is 0 Å². The first-order valence-corrected chi connectivity index (χ1v) is 7.28. The molecule has 3 rings (SSSR count). The van der Waals surface area contributed by atoms with Crippen molar-refractivity contribution >= 4 is 0 Å². The maximum atomic E-state index is 5.93. The Balaban J connectivity index is 1.92. The molecule has 0 saturated heterocycles. The molecule has 118 valence electrons. The van der Waals surface area contributed by atoms with Gasteiger partial charge < -0.3 is 18.6 Å². The number of methoxy groups -OCH3 is 2. The van der Waals surface area contributed by atoms with E-state index in [2.05, 4.69) is 0 Å². The molecule has 1 aromatic heterocycles. The lowest BCUT2D eigenvalue weighted by Gasteiger charge is -2.15. The Bertz CT molecular complexity index is 723. The molecule has 4 nitrogen and oxygen atoms in total. The molecule has 0 aliphatic heterocycles. The van der Waals surface area contributed by atoms with Crippen LogP contribution in [0.25, 0.3) is 11.3 Å². The van der Waals surface area contributed by atoms with Gasteiger partial charge in [-0.1, -0.05) is 30.3 Å². The molecule has 0 aliphatic carbocycles. The van der Waals surface area contributed by atoms with Crippen LogP contribution in [0.5, 0.6) is 17.2 Å². The minimum absolute atomic E-state index is 0.438. The molecule has 0 amide bonds. The molecule has 3 aromatic rings. The summed E-state index contributed by atoms with van der Waals surface area (Å²) in [6.07, 6.45) is 1.63. The highest BCUT2D eigenvalue weighted by Gasteiger charge is 2.16. The monoisotopic (exact) mass is 310 g/mol. The van der Waals surface area contributed by atoms with Gasteiger partial charge >= 0.3 is 0 Å². The van der Waals surface area contributed by atoms with Crippen LogP contribution in [0.1, 0.15) is 5.56 Å². The molecule has 0 fully saturated rings. The van der Waals surface area contributed by atoms with Crippen LogP contribution in [0.3, 0.4) is 0 Å². The Kier molecular flexibility index (Phi) is 4.52. The Morgan fingerprint density at radius 2 is 1.57 bits per heavy atom. The van der Waals surface area contributed by atoms with E-state index in [1.165, 1.54) is 0 Å². The first-order valence-electron chi connectivity index (χ1n) is 7.28. The fourth-order valence-corrected chi connectivity index (χ4v) is 2.34. The van der Waals surface area contributed by atoms with E-state index in [-0.39, 0.29) is 0 Å². The van der Waals surface area contributed by atoms with E-state index in [1.807, 2.05) is 54.6 Å². The third-order valence-electron chi connectivity index (χ3n) is 3.49. The Morgan fingerprint density at radius 1 is 0.870 bits per heavy atom. The van der Waals surface area contributed by atoms with Crippen LogP contribution in [-0.4, -0.2) is 14.2 Å². The summed E-state index contributed by atoms with van der Waals surface area (Å²) < 4.78 is 22.3. The Labute approximate surface area is 135 Å². The van der Waals surface area contributed by atoms with Crippen molar-refractivity contribution in [2.24, 2.45) is 0 Å². The van der Waals surface area contributed by atoms with Crippen molar-refractivity contribution < 1.29 is 18.6 Å². The number of benzene rings is 2. The van der Waals surface area contributed by atoms with Crippen molar-refractivity contribution in [1.82, 2.24) is 0 Å². The normalized spacial score (nSPS) is 10.3. The Hall–Kier alpha value is -2.88. The van der Waals surface area contributed by atoms with E-state index in [0.29, 0.717) is 23.9 Å². The predicted molar refractivity (Wildman–Crippen MR) is 88.0 cm³/mol. The SMILES string of the molecule is COc1cc(-c2ccco2)cc(OC)c1OCc1ccccc1. The van der Waals surface area contributed by atoms with Crippen LogP contribution < -0.4 is 14.2 Å². The number of hydrogen-bond acceptors (Lipinski definition) is 4. The third-order valence-corrected chi connectivity index (χ3v) is 3.49. The molecule has 0 atom stereocenters. The molecule has 0 spiro atoms. The van der Waals surface area contributed by atoms with Crippen molar-refractivity contribution in [3.8, 4) is 28.6 Å². The van der Waals surface area contributed by atoms with E-state index < -0.39 is 0 Å². The molecule has 23 heavy (non-hydrogen) atoms. The quantitative estimate of drug-likeness (QED) is 0.670. The number of furan rings is 1. The standard InChI is InChI=1S/C19H18O4/c1-20-17-11-15(16-9-6-10-22-16)12-18(21-2)19(17)23-13-14-7-4-3-5-8-14/h3-12H,13H2,1-2H3. The highest BCUT2D eigenvalue weighted by molar-refractivity contribution is 5.67. The van der Waals surface area contributed by atoms with Gasteiger partial charge in [0.15, 0.2) is 11.5 Å². The first-order chi connectivity index (χ1) is 11.3. The zero-order valence-corrected chi connectivity index (χ0v) is 13.1. The van der Waals surface area contributed by atoms with Crippen LogP contribution in [0, 0.1) is 0 Å². The van der Waals surface area contributed by atoms with E-state index in [4.69, 9.17) is 18.6 Å². The molecule has 0 bridgehead atoms. The van der Waals surface area contributed by atoms with E-state index >= 15 is 0 Å². The fourth-order valence-electron chi connectivity index (χ4n) is 2.34. The lowest BCUT2D eigenvalue weighted by Crippen LogP contribution is -2.00. The summed E-state index contributed by atoms with van der Waals surface area (Å²) in [6, 6.07) is 17.4. The van der Waals surface area contributed by atoms with Crippen molar-refractivity contribution in [3.05, 3.63) is 66.4 Å². The summed E-state index contributed by atoms with van der Waals surface area (Å²) in [5.74, 6) is 2.53. The summed E-state index contributed by atoms with van der Waals surface area (Å²) in [7, 11) is 3.21. The molecule has 0 saturated carbocycles. The second-order valence-corrected chi connectivity index (χ2v) is 4.96. The first kappa shape index (κ1) is 15.0. The fraction of sp³-hybridized carbons (Fsp3) is 0.158. The largest absolute Gasteiger partial charge is 0.493 e. The smallest absolute Gasteiger partial charge is 0.203 e. The van der Waals surface area contributed by atoms with Gasteiger partial charge in [-0.2, -0.15) is 0 Å². The minimum Gasteiger partial charge on any atom is -0.493 e. The van der Waals surface area contributed by atoms with Gasteiger partial charge in [-0.05, 0) is 29.8 Å². The molecule has 0 radical (unpaired) electrons. The van der Waals surface area contributed by atoms with Crippen LogP contribution in [0.15, 0.2) is 65.3 Å². The number of rotatable bonds is 6. The molecular weight excluding hydrogens is 292 g/mol. The summed E-state index contributed by atoms with van der Waals surface area (Å²) in [6.45, 7) is 0.438. The van der Waals surface area contributed by atoms with Crippen LogP contribution in [0.4, 0.5) is 0 Å². The average molecular weight is 310 g/mol. The third kappa shape index (κ3) is 3.31. The van der Waals surface area contributed by atoms with Gasteiger partial charge in [0.1, 0.15) is 12.4 Å². The summed E-state index contributed by atoms with van der Waals surface area (Å²) in [4.78, 5) is 0. The van der Waals surface area contributed by atoms with E-state index in [0.717, 1.165) is 16.9 Å². The van der Waals surface area contributed by atoms with Crippen LogP contribution in [-0.2, 0) is 6.61 Å². The molecule has 1 heterocycles. The van der Waals surface area contributed by atoms with Gasteiger partial charge in [-0.25, -0.2) is 0 Å². The van der Waals surface area contributed by atoms with Gasteiger partial charge in [0, 0.05) is 5.56 Å². The highest BCUT2D eigenvalue weighted by atomic mass is 16.5. The second-order valence-electron chi connectivity index (χ2n) is 4.96. The zero-order valence-electron chi connectivity index (χ0n) is 13.1. The van der Waals surface area contributed by atoms with E-state index in [1.54, 1.807) is 20.5 Å². The maximum Gasteiger partial charge on any atom is 0.203 e. The van der Waals surface area contributed by atoms with Crippen molar-refractivity contribution in [1.29, 1.82) is 0 Å². The topological polar surface area (TPSA) is 40.8 Å². The van der Waals surface area contributed by atoms with Gasteiger partial charge in [0.05, 0.1) is 20.5 Å². The highest BCUT2D eigenvalue weighted by Crippen LogP contribution is 2.41. The van der Waals surface area contributed by atoms with Gasteiger partial charge in [-0.15, -0.1) is 0 Å². The molecule has 0 aliphatic rings. The van der Waals surface area contributed by atoms with Gasteiger partial charge in [0.25, 0.3) is 0 Å². The lowest BCUT2D eigenvalue weighted by atomic mass is 10.1. The molecule has 2 aromatic carbocycles. The van der Waals surface area contributed by atoms with Crippen LogP contribution in [0.2, 0.25) is 0 Å². The number of ether oxygens (including phenoxy) is 3. The lowest BCUT2D eigenvalue weighted by molar-refractivity contribution is 0.266. The molecule has 0 unspecified atom stereocenters. The summed E-state index contributed by atoms with van der Waals surface area (Å²) >= 11 is 0.